The van der Waals surface area contributed by atoms with Crippen LogP contribution in [0.15, 0.2) is 30.3 Å². The molecular weight excluding hydrogens is 473 g/mol. The fraction of sp³-hybridized carbons (Fsp3) is 0.348. The van der Waals surface area contributed by atoms with Gasteiger partial charge in [-0.15, -0.1) is 0 Å². The minimum absolute atomic E-state index is 0.142. The summed E-state index contributed by atoms with van der Waals surface area (Å²) in [6, 6.07) is 8.34. The smallest absolute Gasteiger partial charge is 0.250 e. The van der Waals surface area contributed by atoms with Gasteiger partial charge in [-0.3, -0.25) is 19.3 Å². The van der Waals surface area contributed by atoms with Crippen molar-refractivity contribution in [1.82, 2.24) is 4.90 Å². The van der Waals surface area contributed by atoms with E-state index < -0.39 is 23.3 Å². The minimum atomic E-state index is -1.27. The van der Waals surface area contributed by atoms with Gasteiger partial charge in [0.05, 0.1) is 38.3 Å². The van der Waals surface area contributed by atoms with E-state index in [2.05, 4.69) is 10.2 Å². The highest BCUT2D eigenvalue weighted by Crippen LogP contribution is 2.61. The van der Waals surface area contributed by atoms with Gasteiger partial charge in [-0.25, -0.2) is 4.90 Å². The maximum absolute atomic E-state index is 13.9. The van der Waals surface area contributed by atoms with Crippen molar-refractivity contribution in [1.29, 1.82) is 0 Å². The summed E-state index contributed by atoms with van der Waals surface area (Å²) >= 11 is 19.1. The maximum atomic E-state index is 13.9. The predicted molar refractivity (Wildman–Crippen MR) is 122 cm³/mol. The van der Waals surface area contributed by atoms with Crippen LogP contribution in [0.1, 0.15) is 24.0 Å². The van der Waals surface area contributed by atoms with Crippen molar-refractivity contribution < 1.29 is 14.4 Å². The van der Waals surface area contributed by atoms with Crippen molar-refractivity contribution in [2.24, 2.45) is 11.8 Å². The standard InChI is InChI=1S/C23H18Cl3N3O3/c1-10-8-11-19(13(25)9-10)27-22(32)23(11)17-16(14-6-3-7-28(14)23)20(30)29(21(17)31)15-5-2-4-12(24)18(15)26/h2,4-5,8-9,14,16-17H,3,6-7H2,1H3,(H,27,32)/t14-,16-,17+,23-/m1/s1. The fourth-order valence-corrected chi connectivity index (χ4v) is 7.00. The molecule has 32 heavy (non-hydrogen) atoms. The number of hydrogen-bond acceptors (Lipinski definition) is 4. The predicted octanol–water partition coefficient (Wildman–Crippen LogP) is 4.39. The van der Waals surface area contributed by atoms with Crippen LogP contribution in [0.5, 0.6) is 0 Å². The summed E-state index contributed by atoms with van der Waals surface area (Å²) in [4.78, 5) is 44.5. The summed E-state index contributed by atoms with van der Waals surface area (Å²) in [5, 5.41) is 3.74. The average molecular weight is 491 g/mol. The molecule has 0 unspecified atom stereocenters. The Hall–Kier alpha value is -2.12. The van der Waals surface area contributed by atoms with Crippen molar-refractivity contribution in [2.45, 2.75) is 31.3 Å². The molecule has 1 N–H and O–H groups in total. The fourth-order valence-electron chi connectivity index (χ4n) is 6.30. The number of carbonyl (C=O) groups excluding carboxylic acids is 3. The monoisotopic (exact) mass is 489 g/mol. The molecule has 0 aromatic heterocycles. The Kier molecular flexibility index (Phi) is 4.29. The summed E-state index contributed by atoms with van der Waals surface area (Å²) in [5.41, 5.74) is 1.06. The number of hydrogen-bond donors (Lipinski definition) is 1. The summed E-state index contributed by atoms with van der Waals surface area (Å²) in [7, 11) is 0. The second-order valence-electron chi connectivity index (χ2n) is 8.88. The molecule has 2 aromatic rings. The molecule has 9 heteroatoms. The number of aryl methyl sites for hydroxylation is 1. The quantitative estimate of drug-likeness (QED) is 0.602. The molecule has 0 saturated carbocycles. The first kappa shape index (κ1) is 20.5. The van der Waals surface area contributed by atoms with Crippen molar-refractivity contribution in [3.8, 4) is 0 Å². The first-order valence-corrected chi connectivity index (χ1v) is 11.6. The highest BCUT2D eigenvalue weighted by molar-refractivity contribution is 6.45. The molecule has 3 saturated heterocycles. The molecule has 0 aliphatic carbocycles. The largest absolute Gasteiger partial charge is 0.323 e. The first-order valence-electron chi connectivity index (χ1n) is 10.5. The Morgan fingerprint density at radius 2 is 1.84 bits per heavy atom. The van der Waals surface area contributed by atoms with Crippen molar-refractivity contribution in [2.75, 3.05) is 16.8 Å². The second kappa shape index (κ2) is 6.70. The molecule has 4 atom stereocenters. The molecule has 4 aliphatic rings. The second-order valence-corrected chi connectivity index (χ2v) is 10.1. The van der Waals surface area contributed by atoms with Crippen LogP contribution < -0.4 is 10.2 Å². The molecule has 1 spiro atoms. The van der Waals surface area contributed by atoms with E-state index in [4.69, 9.17) is 34.8 Å². The zero-order valence-corrected chi connectivity index (χ0v) is 19.3. The van der Waals surface area contributed by atoms with E-state index in [1.165, 1.54) is 0 Å². The number of fused-ring (bicyclic) bond motifs is 7. The van der Waals surface area contributed by atoms with Gasteiger partial charge in [-0.2, -0.15) is 0 Å². The molecule has 0 radical (unpaired) electrons. The topological polar surface area (TPSA) is 69.7 Å². The van der Waals surface area contributed by atoms with Crippen LogP contribution >= 0.6 is 34.8 Å². The molecule has 0 bridgehead atoms. The van der Waals surface area contributed by atoms with Crippen LogP contribution in [0, 0.1) is 18.8 Å². The summed E-state index contributed by atoms with van der Waals surface area (Å²) in [6.07, 6.45) is 1.58. The van der Waals surface area contributed by atoms with Crippen LogP contribution in [-0.2, 0) is 19.9 Å². The van der Waals surface area contributed by atoms with Gasteiger partial charge >= 0.3 is 0 Å². The molecular formula is C23H18Cl3N3O3. The third-order valence-electron chi connectivity index (χ3n) is 7.37. The van der Waals surface area contributed by atoms with Gasteiger partial charge < -0.3 is 5.32 Å². The maximum Gasteiger partial charge on any atom is 0.250 e. The third kappa shape index (κ3) is 2.29. The highest BCUT2D eigenvalue weighted by Gasteiger charge is 2.74. The summed E-state index contributed by atoms with van der Waals surface area (Å²) < 4.78 is 0. The van der Waals surface area contributed by atoms with Crippen molar-refractivity contribution in [3.63, 3.8) is 0 Å². The van der Waals surface area contributed by atoms with E-state index in [9.17, 15) is 14.4 Å². The van der Waals surface area contributed by atoms with Crippen molar-refractivity contribution in [3.05, 3.63) is 56.5 Å². The van der Waals surface area contributed by atoms with Gasteiger partial charge in [-0.05, 0) is 50.1 Å². The average Bonchev–Trinajstić information content (AvgIpc) is 3.44. The van der Waals surface area contributed by atoms with Gasteiger partial charge in [0.15, 0.2) is 0 Å². The Balaban J connectivity index is 1.59. The number of imide groups is 1. The first-order chi connectivity index (χ1) is 15.3. The van der Waals surface area contributed by atoms with Gasteiger partial charge in [0, 0.05) is 11.6 Å². The Bertz CT molecular complexity index is 1250. The highest BCUT2D eigenvalue weighted by atomic mass is 35.5. The molecule has 2 aromatic carbocycles. The molecule has 4 heterocycles. The van der Waals surface area contributed by atoms with Gasteiger partial charge in [0.25, 0.3) is 5.91 Å². The van der Waals surface area contributed by atoms with Gasteiger partial charge in [-0.1, -0.05) is 46.9 Å². The van der Waals surface area contributed by atoms with Crippen LogP contribution in [0.25, 0.3) is 0 Å². The SMILES string of the molecule is Cc1cc(Cl)c2c(c1)[C@]1(C(=O)N2)[C@@H]2C(=O)N(c3cccc(Cl)c3Cl)C(=O)[C@@H]2[C@H]2CCCN21. The van der Waals surface area contributed by atoms with E-state index in [1.807, 2.05) is 13.0 Å². The van der Waals surface area contributed by atoms with Gasteiger partial charge in [0.1, 0.15) is 5.54 Å². The van der Waals surface area contributed by atoms with Crippen LogP contribution in [0.2, 0.25) is 15.1 Å². The Morgan fingerprint density at radius 3 is 2.62 bits per heavy atom. The molecule has 3 fully saturated rings. The molecule has 6 nitrogen and oxygen atoms in total. The molecule has 3 amide bonds. The zero-order chi connectivity index (χ0) is 22.5. The van der Waals surface area contributed by atoms with E-state index in [0.717, 1.165) is 23.3 Å². The number of carbonyl (C=O) groups is 3. The number of amides is 3. The number of nitrogens with one attached hydrogen (secondary N) is 1. The number of nitrogens with zero attached hydrogens (tertiary/aromatic N) is 2. The van der Waals surface area contributed by atoms with E-state index in [1.54, 1.807) is 24.3 Å². The Labute approximate surface area is 199 Å². The Morgan fingerprint density at radius 1 is 1.06 bits per heavy atom. The molecule has 4 aliphatic heterocycles. The molecule has 6 rings (SSSR count). The van der Waals surface area contributed by atoms with Crippen LogP contribution in [0.3, 0.4) is 0 Å². The lowest BCUT2D eigenvalue weighted by atomic mass is 9.75. The minimum Gasteiger partial charge on any atom is -0.323 e. The van der Waals surface area contributed by atoms with E-state index in [0.29, 0.717) is 22.8 Å². The number of halogens is 3. The number of rotatable bonds is 1. The third-order valence-corrected chi connectivity index (χ3v) is 8.48. The van der Waals surface area contributed by atoms with Crippen LogP contribution in [-0.4, -0.2) is 35.2 Å². The summed E-state index contributed by atoms with van der Waals surface area (Å²) in [5.74, 6) is -2.58. The lowest BCUT2D eigenvalue weighted by molar-refractivity contribution is -0.135. The normalized spacial score (nSPS) is 30.8. The zero-order valence-electron chi connectivity index (χ0n) is 17.0. The van der Waals surface area contributed by atoms with Gasteiger partial charge in [0.2, 0.25) is 11.8 Å². The van der Waals surface area contributed by atoms with Crippen molar-refractivity contribution >= 4 is 63.9 Å². The summed E-state index contributed by atoms with van der Waals surface area (Å²) in [6.45, 7) is 2.53. The number of benzene rings is 2. The number of anilines is 2. The van der Waals surface area contributed by atoms with E-state index >= 15 is 0 Å². The lowest BCUT2D eigenvalue weighted by Crippen LogP contribution is -2.54. The lowest BCUT2D eigenvalue weighted by Gasteiger charge is -2.36. The molecule has 164 valence electrons. The van der Waals surface area contributed by atoms with Crippen LogP contribution in [0.4, 0.5) is 11.4 Å². The van der Waals surface area contributed by atoms with E-state index in [-0.39, 0.29) is 33.6 Å².